The normalized spacial score (nSPS) is 10.2. The van der Waals surface area contributed by atoms with Crippen molar-refractivity contribution in [2.75, 3.05) is 10.6 Å². The Bertz CT molecular complexity index is 990. The molecule has 7 heteroatoms. The molecule has 28 heavy (non-hydrogen) atoms. The van der Waals surface area contributed by atoms with Gasteiger partial charge in [0.25, 0.3) is 5.91 Å². The zero-order chi connectivity index (χ0) is 19.9. The summed E-state index contributed by atoms with van der Waals surface area (Å²) in [6.45, 7) is 2.28. The van der Waals surface area contributed by atoms with Gasteiger partial charge in [-0.05, 0) is 54.4 Å². The van der Waals surface area contributed by atoms with Crippen LogP contribution in [-0.4, -0.2) is 16.9 Å². The summed E-state index contributed by atoms with van der Waals surface area (Å²) < 4.78 is 0. The van der Waals surface area contributed by atoms with Crippen LogP contribution in [-0.2, 0) is 6.54 Å². The minimum atomic E-state index is -0.334. The van der Waals surface area contributed by atoms with E-state index < -0.39 is 0 Å². The lowest BCUT2D eigenvalue weighted by molar-refractivity contribution is 0.0950. The number of rotatable bonds is 5. The minimum absolute atomic E-state index is 0.250. The second-order valence-corrected chi connectivity index (χ2v) is 6.59. The van der Waals surface area contributed by atoms with E-state index in [1.807, 2.05) is 43.3 Å². The Morgan fingerprint density at radius 3 is 2.36 bits per heavy atom. The molecule has 0 aliphatic heterocycles. The number of halogens is 1. The van der Waals surface area contributed by atoms with Crippen LogP contribution in [0.3, 0.4) is 0 Å². The number of amides is 3. The molecule has 0 saturated carbocycles. The molecule has 3 N–H and O–H groups in total. The van der Waals surface area contributed by atoms with Crippen LogP contribution in [0.15, 0.2) is 66.9 Å². The van der Waals surface area contributed by atoms with Crippen molar-refractivity contribution in [2.45, 2.75) is 13.5 Å². The molecule has 0 fully saturated rings. The molecule has 1 aromatic heterocycles. The second-order valence-electron chi connectivity index (χ2n) is 6.20. The van der Waals surface area contributed by atoms with Crippen molar-refractivity contribution in [3.63, 3.8) is 0 Å². The highest BCUT2D eigenvalue weighted by Gasteiger charge is 2.07. The number of aryl methyl sites for hydroxylation is 1. The maximum Gasteiger partial charge on any atom is 0.323 e. The van der Waals surface area contributed by atoms with Gasteiger partial charge >= 0.3 is 6.03 Å². The van der Waals surface area contributed by atoms with E-state index in [1.54, 1.807) is 24.3 Å². The van der Waals surface area contributed by atoms with Crippen molar-refractivity contribution >= 4 is 34.9 Å². The Morgan fingerprint density at radius 2 is 1.68 bits per heavy atom. The molecule has 0 aliphatic carbocycles. The summed E-state index contributed by atoms with van der Waals surface area (Å²) in [6, 6.07) is 17.6. The Hall–Kier alpha value is -3.38. The molecule has 3 rings (SSSR count). The van der Waals surface area contributed by atoms with Crippen molar-refractivity contribution in [3.05, 3.63) is 88.7 Å². The van der Waals surface area contributed by atoms with E-state index in [0.717, 1.165) is 16.8 Å². The monoisotopic (exact) mass is 394 g/mol. The molecule has 0 aliphatic rings. The Balaban J connectivity index is 1.56. The topological polar surface area (TPSA) is 83.1 Å². The third kappa shape index (κ3) is 5.56. The molecular formula is C21H19ClN4O2. The lowest BCUT2D eigenvalue weighted by Gasteiger charge is -2.10. The quantitative estimate of drug-likeness (QED) is 0.552. The predicted molar refractivity (Wildman–Crippen MR) is 111 cm³/mol. The Labute approximate surface area is 168 Å². The maximum atomic E-state index is 12.2. The van der Waals surface area contributed by atoms with Crippen molar-refractivity contribution in [3.8, 4) is 0 Å². The molecule has 142 valence electrons. The SMILES string of the molecule is Cc1cccc(NC(=O)Nc2cccc(CNC(=O)c3ccc(Cl)nc3)c2)c1. The van der Waals surface area contributed by atoms with Crippen LogP contribution in [0.4, 0.5) is 16.2 Å². The number of hydrogen-bond donors (Lipinski definition) is 3. The summed E-state index contributed by atoms with van der Waals surface area (Å²) in [7, 11) is 0. The molecule has 0 atom stereocenters. The Kier molecular flexibility index (Phi) is 6.24. The zero-order valence-corrected chi connectivity index (χ0v) is 16.0. The smallest absolute Gasteiger partial charge is 0.323 e. The van der Waals surface area contributed by atoms with Crippen molar-refractivity contribution < 1.29 is 9.59 Å². The summed E-state index contributed by atoms with van der Waals surface area (Å²) in [4.78, 5) is 28.2. The van der Waals surface area contributed by atoms with E-state index >= 15 is 0 Å². The van der Waals surface area contributed by atoms with Gasteiger partial charge in [0.05, 0.1) is 5.56 Å². The third-order valence-corrected chi connectivity index (χ3v) is 4.13. The van der Waals surface area contributed by atoms with Gasteiger partial charge in [0.2, 0.25) is 0 Å². The number of hydrogen-bond acceptors (Lipinski definition) is 3. The third-order valence-electron chi connectivity index (χ3n) is 3.90. The van der Waals surface area contributed by atoms with Gasteiger partial charge < -0.3 is 16.0 Å². The largest absolute Gasteiger partial charge is 0.348 e. The molecule has 3 amide bonds. The van der Waals surface area contributed by atoms with E-state index in [9.17, 15) is 9.59 Å². The van der Waals surface area contributed by atoms with Gasteiger partial charge in [0.1, 0.15) is 5.15 Å². The van der Waals surface area contributed by atoms with Gasteiger partial charge in [-0.15, -0.1) is 0 Å². The fourth-order valence-corrected chi connectivity index (χ4v) is 2.68. The van der Waals surface area contributed by atoms with E-state index in [4.69, 9.17) is 11.6 Å². The number of urea groups is 1. The number of anilines is 2. The molecule has 1 heterocycles. The zero-order valence-electron chi connectivity index (χ0n) is 15.2. The molecule has 6 nitrogen and oxygen atoms in total. The van der Waals surface area contributed by atoms with Crippen LogP contribution >= 0.6 is 11.6 Å². The molecule has 0 radical (unpaired) electrons. The fourth-order valence-electron chi connectivity index (χ4n) is 2.57. The van der Waals surface area contributed by atoms with Crippen LogP contribution in [0.1, 0.15) is 21.5 Å². The number of aromatic nitrogens is 1. The second kappa shape index (κ2) is 9.01. The van der Waals surface area contributed by atoms with Gasteiger partial charge in [-0.1, -0.05) is 35.9 Å². The number of nitrogens with one attached hydrogen (secondary N) is 3. The van der Waals surface area contributed by atoms with Crippen LogP contribution < -0.4 is 16.0 Å². The summed E-state index contributed by atoms with van der Waals surface area (Å²) >= 11 is 5.72. The highest BCUT2D eigenvalue weighted by Crippen LogP contribution is 2.13. The van der Waals surface area contributed by atoms with Gasteiger partial charge in [-0.25, -0.2) is 9.78 Å². The molecule has 2 aromatic carbocycles. The highest BCUT2D eigenvalue weighted by atomic mass is 35.5. The molecule has 3 aromatic rings. The van der Waals surface area contributed by atoms with Gasteiger partial charge in [-0.2, -0.15) is 0 Å². The first-order chi connectivity index (χ1) is 13.5. The van der Waals surface area contributed by atoms with Crippen molar-refractivity contribution in [2.24, 2.45) is 0 Å². The summed E-state index contributed by atoms with van der Waals surface area (Å²) in [5.74, 6) is -0.250. The predicted octanol–water partition coefficient (Wildman–Crippen LogP) is 4.62. The van der Waals surface area contributed by atoms with Crippen LogP contribution in [0, 0.1) is 6.92 Å². The van der Waals surface area contributed by atoms with E-state index in [0.29, 0.717) is 22.9 Å². The van der Waals surface area contributed by atoms with Crippen LogP contribution in [0.25, 0.3) is 0 Å². The number of carbonyl (C=O) groups is 2. The number of carbonyl (C=O) groups excluding carboxylic acids is 2. The molecule has 0 unspecified atom stereocenters. The Morgan fingerprint density at radius 1 is 0.964 bits per heavy atom. The first-order valence-electron chi connectivity index (χ1n) is 8.63. The maximum absolute atomic E-state index is 12.2. The average Bonchev–Trinajstić information content (AvgIpc) is 2.67. The first kappa shape index (κ1) is 19.4. The van der Waals surface area contributed by atoms with Crippen molar-refractivity contribution in [1.29, 1.82) is 0 Å². The molecular weight excluding hydrogens is 376 g/mol. The van der Waals surface area contributed by atoms with E-state index in [-0.39, 0.29) is 11.9 Å². The summed E-state index contributed by atoms with van der Waals surface area (Å²) in [5.41, 5.74) is 3.69. The standard InChI is InChI=1S/C21H19ClN4O2/c1-14-4-2-6-17(10-14)25-21(28)26-18-7-3-5-15(11-18)12-24-20(27)16-8-9-19(22)23-13-16/h2-11,13H,12H2,1H3,(H,24,27)(H2,25,26,28). The van der Waals surface area contributed by atoms with Crippen LogP contribution in [0.2, 0.25) is 5.15 Å². The average molecular weight is 395 g/mol. The summed E-state index contributed by atoms with van der Waals surface area (Å²) in [6.07, 6.45) is 1.42. The lowest BCUT2D eigenvalue weighted by Crippen LogP contribution is -2.23. The van der Waals surface area contributed by atoms with E-state index in [1.165, 1.54) is 6.20 Å². The number of nitrogens with zero attached hydrogens (tertiary/aromatic N) is 1. The van der Waals surface area contributed by atoms with Crippen molar-refractivity contribution in [1.82, 2.24) is 10.3 Å². The fraction of sp³-hybridized carbons (Fsp3) is 0.0952. The molecule has 0 saturated heterocycles. The first-order valence-corrected chi connectivity index (χ1v) is 9.01. The van der Waals surface area contributed by atoms with Crippen LogP contribution in [0.5, 0.6) is 0 Å². The van der Waals surface area contributed by atoms with Gasteiger partial charge in [0.15, 0.2) is 0 Å². The molecule has 0 bridgehead atoms. The number of pyridine rings is 1. The lowest BCUT2D eigenvalue weighted by atomic mass is 10.2. The number of benzene rings is 2. The highest BCUT2D eigenvalue weighted by molar-refractivity contribution is 6.29. The van der Waals surface area contributed by atoms with Gasteiger partial charge in [-0.3, -0.25) is 4.79 Å². The minimum Gasteiger partial charge on any atom is -0.348 e. The summed E-state index contributed by atoms with van der Waals surface area (Å²) in [5, 5.41) is 8.72. The van der Waals surface area contributed by atoms with E-state index in [2.05, 4.69) is 20.9 Å². The molecule has 0 spiro atoms. The van der Waals surface area contributed by atoms with Gasteiger partial charge in [0, 0.05) is 24.1 Å².